The molecule has 0 aliphatic heterocycles. The zero-order chi connectivity index (χ0) is 11.4. The summed E-state index contributed by atoms with van der Waals surface area (Å²) in [7, 11) is 0. The van der Waals surface area contributed by atoms with Gasteiger partial charge in [-0.15, -0.1) is 0 Å². The van der Waals surface area contributed by atoms with Crippen LogP contribution in [0.4, 0.5) is 0 Å². The molecule has 5 nitrogen and oxygen atoms in total. The van der Waals surface area contributed by atoms with Crippen molar-refractivity contribution in [2.45, 2.75) is 19.8 Å². The molecule has 0 unspecified atom stereocenters. The lowest BCUT2D eigenvalue weighted by Crippen LogP contribution is -2.14. The summed E-state index contributed by atoms with van der Waals surface area (Å²) in [4.78, 5) is 26.3. The molecule has 0 aliphatic carbocycles. The van der Waals surface area contributed by atoms with Gasteiger partial charge in [0.25, 0.3) is 5.56 Å². The van der Waals surface area contributed by atoms with E-state index in [1.54, 1.807) is 12.4 Å². The van der Waals surface area contributed by atoms with E-state index < -0.39 is 0 Å². The molecular formula is C11H12N4O. The standard InChI is InChI=1S/C11H12N4O/c1-2-3-9-10(14-7-15-11(9)16)8-4-12-6-13-5-8/h4-7H,2-3H2,1H3,(H,14,15,16). The number of hydrogen-bond acceptors (Lipinski definition) is 4. The van der Waals surface area contributed by atoms with E-state index in [4.69, 9.17) is 0 Å². The third-order valence-electron chi connectivity index (χ3n) is 2.28. The Morgan fingerprint density at radius 2 is 2.06 bits per heavy atom. The Morgan fingerprint density at radius 3 is 2.75 bits per heavy atom. The molecule has 82 valence electrons. The monoisotopic (exact) mass is 216 g/mol. The average molecular weight is 216 g/mol. The lowest BCUT2D eigenvalue weighted by atomic mass is 10.1. The van der Waals surface area contributed by atoms with Crippen LogP contribution < -0.4 is 5.56 Å². The molecule has 1 N–H and O–H groups in total. The van der Waals surface area contributed by atoms with Gasteiger partial charge in [-0.25, -0.2) is 15.0 Å². The quantitative estimate of drug-likeness (QED) is 0.836. The van der Waals surface area contributed by atoms with E-state index in [1.807, 2.05) is 6.92 Å². The number of hydrogen-bond donors (Lipinski definition) is 1. The van der Waals surface area contributed by atoms with Gasteiger partial charge in [-0.2, -0.15) is 0 Å². The molecule has 0 atom stereocenters. The van der Waals surface area contributed by atoms with Crippen LogP contribution in [-0.4, -0.2) is 19.9 Å². The molecule has 0 aliphatic rings. The molecule has 0 radical (unpaired) electrons. The second-order valence-electron chi connectivity index (χ2n) is 3.44. The lowest BCUT2D eigenvalue weighted by molar-refractivity contribution is 0.887. The van der Waals surface area contributed by atoms with E-state index in [0.717, 1.165) is 12.0 Å². The number of aromatic amines is 1. The summed E-state index contributed by atoms with van der Waals surface area (Å²) in [5, 5.41) is 0. The smallest absolute Gasteiger partial charge is 0.254 e. The predicted octanol–water partition coefficient (Wildman–Crippen LogP) is 1.18. The maximum absolute atomic E-state index is 11.7. The molecule has 0 saturated carbocycles. The molecule has 0 bridgehead atoms. The summed E-state index contributed by atoms with van der Waals surface area (Å²) in [6.07, 6.45) is 7.78. The first kappa shape index (κ1) is 10.5. The largest absolute Gasteiger partial charge is 0.313 e. The van der Waals surface area contributed by atoms with Crippen LogP contribution in [0.5, 0.6) is 0 Å². The second-order valence-corrected chi connectivity index (χ2v) is 3.44. The summed E-state index contributed by atoms with van der Waals surface area (Å²) in [5.41, 5.74) is 2.05. The van der Waals surface area contributed by atoms with Crippen molar-refractivity contribution in [2.24, 2.45) is 0 Å². The molecule has 0 amide bonds. The van der Waals surface area contributed by atoms with Gasteiger partial charge >= 0.3 is 0 Å². The summed E-state index contributed by atoms with van der Waals surface area (Å²) >= 11 is 0. The fourth-order valence-corrected chi connectivity index (χ4v) is 1.58. The molecule has 0 fully saturated rings. The van der Waals surface area contributed by atoms with E-state index in [2.05, 4.69) is 19.9 Å². The highest BCUT2D eigenvalue weighted by atomic mass is 16.1. The number of H-pyrrole nitrogens is 1. The normalized spacial score (nSPS) is 10.3. The first-order valence-corrected chi connectivity index (χ1v) is 5.15. The molecule has 2 heterocycles. The second kappa shape index (κ2) is 4.65. The highest BCUT2D eigenvalue weighted by Crippen LogP contribution is 2.17. The summed E-state index contributed by atoms with van der Waals surface area (Å²) in [5.74, 6) is 0. The molecule has 0 aromatic carbocycles. The third kappa shape index (κ3) is 1.98. The molecule has 0 spiro atoms. The van der Waals surface area contributed by atoms with Crippen LogP contribution in [0.15, 0.2) is 29.8 Å². The first-order valence-electron chi connectivity index (χ1n) is 5.15. The highest BCUT2D eigenvalue weighted by Gasteiger charge is 2.09. The average Bonchev–Trinajstić information content (AvgIpc) is 2.33. The van der Waals surface area contributed by atoms with E-state index in [-0.39, 0.29) is 5.56 Å². The van der Waals surface area contributed by atoms with Gasteiger partial charge < -0.3 is 4.98 Å². The van der Waals surface area contributed by atoms with Gasteiger partial charge in [0, 0.05) is 23.5 Å². The summed E-state index contributed by atoms with van der Waals surface area (Å²) < 4.78 is 0. The Balaban J connectivity index is 2.57. The Bertz CT molecular complexity index is 521. The van der Waals surface area contributed by atoms with E-state index in [1.165, 1.54) is 12.7 Å². The molecule has 5 heteroatoms. The molecule has 2 aromatic rings. The van der Waals surface area contributed by atoms with Crippen LogP contribution in [0.25, 0.3) is 11.3 Å². The van der Waals surface area contributed by atoms with Crippen molar-refractivity contribution >= 4 is 0 Å². The van der Waals surface area contributed by atoms with Gasteiger partial charge in [0.2, 0.25) is 0 Å². The molecule has 2 rings (SSSR count). The van der Waals surface area contributed by atoms with E-state index >= 15 is 0 Å². The zero-order valence-electron chi connectivity index (χ0n) is 8.97. The van der Waals surface area contributed by atoms with E-state index in [0.29, 0.717) is 17.7 Å². The van der Waals surface area contributed by atoms with Crippen molar-refractivity contribution in [3.8, 4) is 11.3 Å². The Morgan fingerprint density at radius 1 is 1.31 bits per heavy atom. The van der Waals surface area contributed by atoms with Crippen molar-refractivity contribution in [1.29, 1.82) is 0 Å². The molecule has 0 saturated heterocycles. The van der Waals surface area contributed by atoms with Crippen molar-refractivity contribution in [3.63, 3.8) is 0 Å². The number of aromatic nitrogens is 4. The van der Waals surface area contributed by atoms with Gasteiger partial charge in [0.05, 0.1) is 12.0 Å². The zero-order valence-corrected chi connectivity index (χ0v) is 8.97. The number of rotatable bonds is 3. The molecular weight excluding hydrogens is 204 g/mol. The molecule has 2 aromatic heterocycles. The maximum Gasteiger partial charge on any atom is 0.254 e. The fraction of sp³-hybridized carbons (Fsp3) is 0.273. The molecule has 16 heavy (non-hydrogen) atoms. The SMILES string of the molecule is CCCc1c(-c2cncnc2)nc[nH]c1=O. The third-order valence-corrected chi connectivity index (χ3v) is 2.28. The first-order chi connectivity index (χ1) is 7.83. The van der Waals surface area contributed by atoms with Crippen LogP contribution in [0, 0.1) is 0 Å². The van der Waals surface area contributed by atoms with Crippen LogP contribution in [0.3, 0.4) is 0 Å². The Hall–Kier alpha value is -2.04. The van der Waals surface area contributed by atoms with Crippen molar-refractivity contribution < 1.29 is 0 Å². The summed E-state index contributed by atoms with van der Waals surface area (Å²) in [6, 6.07) is 0. The van der Waals surface area contributed by atoms with Gasteiger partial charge in [-0.1, -0.05) is 13.3 Å². The van der Waals surface area contributed by atoms with Crippen molar-refractivity contribution in [1.82, 2.24) is 19.9 Å². The Kier molecular flexibility index (Phi) is 3.05. The van der Waals surface area contributed by atoms with Crippen LogP contribution in [0.2, 0.25) is 0 Å². The van der Waals surface area contributed by atoms with Gasteiger partial charge in [0.15, 0.2) is 0 Å². The van der Waals surface area contributed by atoms with Crippen molar-refractivity contribution in [3.05, 3.63) is 41.0 Å². The maximum atomic E-state index is 11.7. The van der Waals surface area contributed by atoms with Crippen LogP contribution in [0.1, 0.15) is 18.9 Å². The minimum Gasteiger partial charge on any atom is -0.313 e. The van der Waals surface area contributed by atoms with Crippen molar-refractivity contribution in [2.75, 3.05) is 0 Å². The highest BCUT2D eigenvalue weighted by molar-refractivity contribution is 5.60. The minimum absolute atomic E-state index is 0.0873. The van der Waals surface area contributed by atoms with Crippen LogP contribution >= 0.6 is 0 Å². The van der Waals surface area contributed by atoms with Gasteiger partial charge in [0.1, 0.15) is 6.33 Å². The number of nitrogens with zero attached hydrogens (tertiary/aromatic N) is 3. The topological polar surface area (TPSA) is 71.5 Å². The van der Waals surface area contributed by atoms with Gasteiger partial charge in [-0.3, -0.25) is 4.79 Å². The van der Waals surface area contributed by atoms with E-state index in [9.17, 15) is 4.79 Å². The van der Waals surface area contributed by atoms with Crippen LogP contribution in [-0.2, 0) is 6.42 Å². The van der Waals surface area contributed by atoms with Gasteiger partial charge in [-0.05, 0) is 6.42 Å². The number of nitrogens with one attached hydrogen (secondary N) is 1. The Labute approximate surface area is 92.6 Å². The predicted molar refractivity (Wildman–Crippen MR) is 59.9 cm³/mol. The minimum atomic E-state index is -0.0873. The fourth-order valence-electron chi connectivity index (χ4n) is 1.58. The lowest BCUT2D eigenvalue weighted by Gasteiger charge is -2.04. The summed E-state index contributed by atoms with van der Waals surface area (Å²) in [6.45, 7) is 2.03.